The van der Waals surface area contributed by atoms with E-state index in [-0.39, 0.29) is 27.1 Å². The van der Waals surface area contributed by atoms with Gasteiger partial charge in [-0.05, 0) is 124 Å². The Morgan fingerprint density at radius 2 is 0.981 bits per heavy atom. The van der Waals surface area contributed by atoms with Crippen molar-refractivity contribution in [3.63, 3.8) is 0 Å². The Kier molecular flexibility index (Phi) is 9.80. The van der Waals surface area contributed by atoms with Crippen molar-refractivity contribution in [1.82, 2.24) is 0 Å². The lowest BCUT2D eigenvalue weighted by Crippen LogP contribution is -2.34. The lowest BCUT2D eigenvalue weighted by atomic mass is 9.75. The summed E-state index contributed by atoms with van der Waals surface area (Å²) in [7, 11) is 2.46. The van der Waals surface area contributed by atoms with Crippen molar-refractivity contribution in [3.8, 4) is 11.5 Å². The van der Waals surface area contributed by atoms with Crippen LogP contribution >= 0.6 is 7.92 Å². The first-order chi connectivity index (χ1) is 24.5. The largest absolute Gasteiger partial charge is 0.496 e. The van der Waals surface area contributed by atoms with Crippen LogP contribution in [0.5, 0.6) is 11.5 Å². The van der Waals surface area contributed by atoms with Crippen LogP contribution in [-0.4, -0.2) is 25.3 Å². The molecular weight excluding hydrogens is 671 g/mol. The Balaban J connectivity index is 1.80. The van der Waals surface area contributed by atoms with Crippen LogP contribution in [0.3, 0.4) is 0 Å². The summed E-state index contributed by atoms with van der Waals surface area (Å²) in [6.45, 7) is 27.4. The predicted octanol–water partition coefficient (Wildman–Crippen LogP) is 10.5. The van der Waals surface area contributed by atoms with E-state index in [2.05, 4.69) is 132 Å². The van der Waals surface area contributed by atoms with Gasteiger partial charge in [-0.1, -0.05) is 113 Å². The standard InChI is InChI=1S/C48H61O4P/c1-44(2,3)34-25-31(26-35(41(34)51-13)45(4,5)6)53(32-27-36(46(7,8)9)42(52-14)37(28-32)47(10,11)12)38-20-16-18-30-22-24-48(40(30)38)23-21-29-17-15-19-33(39(29)48)43(49)50/h15-20,25-28H,21-24H2,1-14H3,(H,49,50)/t48-/m1/s1. The minimum Gasteiger partial charge on any atom is -0.496 e. The van der Waals surface area contributed by atoms with Gasteiger partial charge in [0.25, 0.3) is 0 Å². The van der Waals surface area contributed by atoms with Gasteiger partial charge in [0.2, 0.25) is 0 Å². The van der Waals surface area contributed by atoms with Crippen molar-refractivity contribution in [3.05, 3.63) is 111 Å². The highest BCUT2D eigenvalue weighted by molar-refractivity contribution is 7.80. The van der Waals surface area contributed by atoms with Crippen LogP contribution in [0, 0.1) is 0 Å². The third-order valence-corrected chi connectivity index (χ3v) is 14.1. The summed E-state index contributed by atoms with van der Waals surface area (Å²) in [5, 5.41) is 14.5. The molecule has 0 aromatic heterocycles. The molecule has 5 heteroatoms. The maximum atomic E-state index is 12.9. The zero-order valence-corrected chi connectivity index (χ0v) is 35.6. The average Bonchev–Trinajstić information content (AvgIpc) is 3.64. The molecule has 0 aliphatic heterocycles. The number of carbonyl (C=O) groups is 1. The first kappa shape index (κ1) is 39.1. The average molecular weight is 733 g/mol. The van der Waals surface area contributed by atoms with Gasteiger partial charge in [-0.3, -0.25) is 0 Å². The summed E-state index contributed by atoms with van der Waals surface area (Å²) >= 11 is 0. The van der Waals surface area contributed by atoms with Crippen LogP contribution < -0.4 is 25.4 Å². The second-order valence-electron chi connectivity index (χ2n) is 19.5. The first-order valence-corrected chi connectivity index (χ1v) is 20.6. The lowest BCUT2D eigenvalue weighted by Gasteiger charge is -2.36. The summed E-state index contributed by atoms with van der Waals surface area (Å²) in [5.41, 5.74) is 9.17. The number of ether oxygens (including phenoxy) is 2. The minimum atomic E-state index is -1.15. The normalized spacial score (nSPS) is 17.3. The van der Waals surface area contributed by atoms with Gasteiger partial charge in [-0.25, -0.2) is 4.79 Å². The van der Waals surface area contributed by atoms with Crippen molar-refractivity contribution < 1.29 is 19.4 Å². The molecule has 0 amide bonds. The topological polar surface area (TPSA) is 55.8 Å². The summed E-state index contributed by atoms with van der Waals surface area (Å²) in [4.78, 5) is 12.9. The molecule has 4 aromatic rings. The molecule has 0 bridgehead atoms. The SMILES string of the molecule is COc1c(C(C)(C)C)cc(P(c2cc(C(C)(C)C)c(OC)c(C(C)(C)C)c2)c2cccc3c2[C@]2(CCc4cccc(C(=O)O)c42)CC3)cc1C(C)(C)C. The van der Waals surface area contributed by atoms with E-state index >= 15 is 0 Å². The Labute approximate surface area is 320 Å². The number of carboxylic acids is 1. The second-order valence-corrected chi connectivity index (χ2v) is 21.7. The number of benzene rings is 4. The molecule has 0 saturated carbocycles. The molecule has 0 fully saturated rings. The van der Waals surface area contributed by atoms with Crippen LogP contribution in [0.4, 0.5) is 0 Å². The minimum absolute atomic E-state index is 0.171. The van der Waals surface area contributed by atoms with Crippen molar-refractivity contribution in [2.24, 2.45) is 0 Å². The molecule has 2 aliphatic rings. The number of hydrogen-bond acceptors (Lipinski definition) is 3. The molecule has 1 atom stereocenters. The van der Waals surface area contributed by atoms with E-state index in [1.165, 1.54) is 54.9 Å². The van der Waals surface area contributed by atoms with Crippen molar-refractivity contribution in [2.75, 3.05) is 14.2 Å². The molecule has 2 aliphatic carbocycles. The third kappa shape index (κ3) is 6.73. The third-order valence-electron chi connectivity index (χ3n) is 11.7. The van der Waals surface area contributed by atoms with E-state index in [0.29, 0.717) is 5.56 Å². The number of hydrogen-bond donors (Lipinski definition) is 1. The molecule has 0 radical (unpaired) electrons. The Hall–Kier alpha value is -3.62. The molecule has 282 valence electrons. The van der Waals surface area contributed by atoms with Gasteiger partial charge in [-0.2, -0.15) is 0 Å². The number of carboxylic acid groups (broad SMARTS) is 1. The van der Waals surface area contributed by atoms with Gasteiger partial charge in [0.05, 0.1) is 19.8 Å². The molecule has 0 heterocycles. The molecule has 4 nitrogen and oxygen atoms in total. The smallest absolute Gasteiger partial charge is 0.336 e. The van der Waals surface area contributed by atoms with Crippen molar-refractivity contribution in [2.45, 2.75) is 136 Å². The van der Waals surface area contributed by atoms with E-state index in [4.69, 9.17) is 9.47 Å². The van der Waals surface area contributed by atoms with E-state index in [9.17, 15) is 9.90 Å². The molecule has 6 rings (SSSR count). The number of methoxy groups -OCH3 is 2. The highest BCUT2D eigenvalue weighted by Gasteiger charge is 2.49. The molecule has 1 N–H and O–H groups in total. The Morgan fingerprint density at radius 1 is 0.604 bits per heavy atom. The fourth-order valence-electron chi connectivity index (χ4n) is 9.11. The molecule has 0 unspecified atom stereocenters. The van der Waals surface area contributed by atoms with Gasteiger partial charge in [0.1, 0.15) is 11.5 Å². The lowest BCUT2D eigenvalue weighted by molar-refractivity contribution is 0.0694. The summed E-state index contributed by atoms with van der Waals surface area (Å²) in [6.07, 6.45) is 3.67. The van der Waals surface area contributed by atoms with E-state index in [1.54, 1.807) is 0 Å². The van der Waals surface area contributed by atoms with Crippen LogP contribution in [0.15, 0.2) is 60.7 Å². The van der Waals surface area contributed by atoms with Gasteiger partial charge in [0, 0.05) is 27.7 Å². The van der Waals surface area contributed by atoms with Crippen LogP contribution in [0.2, 0.25) is 0 Å². The number of fused-ring (bicyclic) bond motifs is 4. The van der Waals surface area contributed by atoms with E-state index in [1.807, 2.05) is 26.4 Å². The fraction of sp³-hybridized carbons (Fsp3) is 0.479. The van der Waals surface area contributed by atoms with Crippen LogP contribution in [0.1, 0.15) is 151 Å². The summed E-state index contributed by atoms with van der Waals surface area (Å²) in [5.74, 6) is 1.10. The molecule has 1 spiro atoms. The van der Waals surface area contributed by atoms with Crippen LogP contribution in [-0.2, 0) is 39.9 Å². The van der Waals surface area contributed by atoms with Gasteiger partial charge in [-0.15, -0.1) is 0 Å². The first-order valence-electron chi connectivity index (χ1n) is 19.3. The van der Waals surface area contributed by atoms with E-state index < -0.39 is 13.9 Å². The molecule has 0 saturated heterocycles. The van der Waals surface area contributed by atoms with Crippen LogP contribution in [0.25, 0.3) is 0 Å². The maximum Gasteiger partial charge on any atom is 0.336 e. The Morgan fingerprint density at radius 3 is 1.34 bits per heavy atom. The van der Waals surface area contributed by atoms with E-state index in [0.717, 1.165) is 42.7 Å². The fourth-order valence-corrected chi connectivity index (χ4v) is 11.8. The number of rotatable bonds is 6. The zero-order chi connectivity index (χ0) is 39.1. The zero-order valence-electron chi connectivity index (χ0n) is 34.7. The van der Waals surface area contributed by atoms with Gasteiger partial charge < -0.3 is 14.6 Å². The summed E-state index contributed by atoms with van der Waals surface area (Å²) in [6, 6.07) is 22.6. The second kappa shape index (κ2) is 13.3. The molecular formula is C48H61O4P. The molecule has 53 heavy (non-hydrogen) atoms. The highest BCUT2D eigenvalue weighted by atomic mass is 31.1. The molecule has 4 aromatic carbocycles. The van der Waals surface area contributed by atoms with Crippen molar-refractivity contribution in [1.29, 1.82) is 0 Å². The van der Waals surface area contributed by atoms with Gasteiger partial charge >= 0.3 is 5.97 Å². The number of aromatic carboxylic acids is 1. The summed E-state index contributed by atoms with van der Waals surface area (Å²) < 4.78 is 12.6. The Bertz CT molecular complexity index is 1920. The number of aryl methyl sites for hydroxylation is 2. The highest BCUT2D eigenvalue weighted by Crippen LogP contribution is 2.56. The monoisotopic (exact) mass is 732 g/mol. The maximum absolute atomic E-state index is 12.9. The van der Waals surface area contributed by atoms with Crippen molar-refractivity contribution >= 4 is 29.8 Å². The predicted molar refractivity (Wildman–Crippen MR) is 224 cm³/mol. The quantitative estimate of drug-likeness (QED) is 0.201. The van der Waals surface area contributed by atoms with Gasteiger partial charge in [0.15, 0.2) is 0 Å².